The van der Waals surface area contributed by atoms with E-state index in [1.54, 1.807) is 13.2 Å². The van der Waals surface area contributed by atoms with Gasteiger partial charge in [-0.3, -0.25) is 0 Å². The van der Waals surface area contributed by atoms with E-state index in [1.165, 1.54) is 6.07 Å². The van der Waals surface area contributed by atoms with Crippen molar-refractivity contribution in [3.8, 4) is 5.75 Å². The Kier molecular flexibility index (Phi) is 5.22. The van der Waals surface area contributed by atoms with Gasteiger partial charge in [-0.1, -0.05) is 6.92 Å². The van der Waals surface area contributed by atoms with Gasteiger partial charge in [0.25, 0.3) is 0 Å². The van der Waals surface area contributed by atoms with Gasteiger partial charge in [-0.05, 0) is 23.6 Å². The minimum Gasteiger partial charge on any atom is -0.508 e. The standard InChI is InChI=1S/C12H18FNO2/c1-9(8-16-2)6-14-7-10-3-11(13)5-12(15)4-10/h3-5,9,14-15H,6-8H2,1-2H3. The highest BCUT2D eigenvalue weighted by molar-refractivity contribution is 5.28. The first-order valence-electron chi connectivity index (χ1n) is 5.30. The highest BCUT2D eigenvalue weighted by Gasteiger charge is 2.02. The van der Waals surface area contributed by atoms with E-state index in [4.69, 9.17) is 4.74 Å². The third-order valence-electron chi connectivity index (χ3n) is 2.22. The maximum Gasteiger partial charge on any atom is 0.127 e. The number of halogens is 1. The molecule has 0 saturated heterocycles. The Bertz CT molecular complexity index is 311. The number of hydrogen-bond donors (Lipinski definition) is 2. The molecule has 16 heavy (non-hydrogen) atoms. The van der Waals surface area contributed by atoms with E-state index >= 15 is 0 Å². The first kappa shape index (κ1) is 12.9. The first-order chi connectivity index (χ1) is 7.61. The van der Waals surface area contributed by atoms with Crippen LogP contribution in [0.2, 0.25) is 0 Å². The van der Waals surface area contributed by atoms with Crippen molar-refractivity contribution in [3.05, 3.63) is 29.6 Å². The van der Waals surface area contributed by atoms with Crippen LogP contribution >= 0.6 is 0 Å². The second-order valence-electron chi connectivity index (χ2n) is 4.01. The van der Waals surface area contributed by atoms with Crippen LogP contribution in [0.15, 0.2) is 18.2 Å². The fourth-order valence-electron chi connectivity index (χ4n) is 1.54. The molecular formula is C12H18FNO2. The molecule has 0 saturated carbocycles. The van der Waals surface area contributed by atoms with Crippen LogP contribution in [0.25, 0.3) is 0 Å². The first-order valence-corrected chi connectivity index (χ1v) is 5.30. The van der Waals surface area contributed by atoms with Crippen LogP contribution in [0, 0.1) is 11.7 Å². The quantitative estimate of drug-likeness (QED) is 0.780. The zero-order valence-corrected chi connectivity index (χ0v) is 9.66. The fourth-order valence-corrected chi connectivity index (χ4v) is 1.54. The fraction of sp³-hybridized carbons (Fsp3) is 0.500. The zero-order chi connectivity index (χ0) is 12.0. The molecule has 1 atom stereocenters. The van der Waals surface area contributed by atoms with E-state index in [9.17, 15) is 9.50 Å². The normalized spacial score (nSPS) is 12.7. The largest absolute Gasteiger partial charge is 0.508 e. The second-order valence-corrected chi connectivity index (χ2v) is 4.01. The number of ether oxygens (including phenoxy) is 1. The summed E-state index contributed by atoms with van der Waals surface area (Å²) in [6.07, 6.45) is 0. The van der Waals surface area contributed by atoms with Crippen LogP contribution in [0.5, 0.6) is 5.75 Å². The molecule has 0 fully saturated rings. The van der Waals surface area contributed by atoms with Crippen molar-refractivity contribution >= 4 is 0 Å². The summed E-state index contributed by atoms with van der Waals surface area (Å²) in [5, 5.41) is 12.4. The van der Waals surface area contributed by atoms with Crippen molar-refractivity contribution in [1.29, 1.82) is 0 Å². The van der Waals surface area contributed by atoms with Gasteiger partial charge in [0.1, 0.15) is 11.6 Å². The highest BCUT2D eigenvalue weighted by Crippen LogP contribution is 2.14. The van der Waals surface area contributed by atoms with Crippen LogP contribution in [0.3, 0.4) is 0 Å². The Morgan fingerprint density at radius 1 is 1.44 bits per heavy atom. The maximum absolute atomic E-state index is 12.9. The summed E-state index contributed by atoms with van der Waals surface area (Å²) in [5.41, 5.74) is 0.738. The minimum atomic E-state index is -0.415. The van der Waals surface area contributed by atoms with Crippen molar-refractivity contribution in [2.24, 2.45) is 5.92 Å². The van der Waals surface area contributed by atoms with E-state index in [0.29, 0.717) is 19.1 Å². The molecule has 0 aliphatic carbocycles. The van der Waals surface area contributed by atoms with Gasteiger partial charge in [-0.15, -0.1) is 0 Å². The molecule has 1 unspecified atom stereocenters. The molecule has 1 aromatic rings. The van der Waals surface area contributed by atoms with Gasteiger partial charge in [-0.2, -0.15) is 0 Å². The lowest BCUT2D eigenvalue weighted by Crippen LogP contribution is -2.23. The average Bonchev–Trinajstić information content (AvgIpc) is 2.16. The molecule has 3 nitrogen and oxygen atoms in total. The Morgan fingerprint density at radius 3 is 2.81 bits per heavy atom. The van der Waals surface area contributed by atoms with Crippen molar-refractivity contribution in [3.63, 3.8) is 0 Å². The molecule has 0 aromatic heterocycles. The second kappa shape index (κ2) is 6.45. The summed E-state index contributed by atoms with van der Waals surface area (Å²) >= 11 is 0. The lowest BCUT2D eigenvalue weighted by molar-refractivity contribution is 0.158. The smallest absolute Gasteiger partial charge is 0.127 e. The van der Waals surface area contributed by atoms with E-state index in [2.05, 4.69) is 12.2 Å². The molecule has 0 aliphatic heterocycles. The Hall–Kier alpha value is -1.13. The molecule has 4 heteroatoms. The number of hydrogen-bond acceptors (Lipinski definition) is 3. The molecule has 1 aromatic carbocycles. The van der Waals surface area contributed by atoms with E-state index in [0.717, 1.165) is 18.2 Å². The lowest BCUT2D eigenvalue weighted by atomic mass is 10.1. The van der Waals surface area contributed by atoms with Crippen LogP contribution in [0.4, 0.5) is 4.39 Å². The molecular weight excluding hydrogens is 209 g/mol. The topological polar surface area (TPSA) is 41.5 Å². The number of phenolic OH excluding ortho intramolecular Hbond substituents is 1. The summed E-state index contributed by atoms with van der Waals surface area (Å²) in [5.74, 6) is -0.0457. The van der Waals surface area contributed by atoms with Crippen molar-refractivity contribution < 1.29 is 14.2 Å². The number of benzene rings is 1. The SMILES string of the molecule is COCC(C)CNCc1cc(O)cc(F)c1. The Labute approximate surface area is 95.2 Å². The molecule has 0 spiro atoms. The van der Waals surface area contributed by atoms with Crippen LogP contribution in [-0.4, -0.2) is 25.4 Å². The molecule has 0 amide bonds. The molecule has 0 bridgehead atoms. The number of phenols is 1. The summed E-state index contributed by atoms with van der Waals surface area (Å²) in [6, 6.07) is 4.06. The van der Waals surface area contributed by atoms with Gasteiger partial charge in [-0.25, -0.2) is 4.39 Å². The van der Waals surface area contributed by atoms with Gasteiger partial charge in [0, 0.05) is 32.9 Å². The van der Waals surface area contributed by atoms with E-state index < -0.39 is 5.82 Å². The molecule has 0 aliphatic rings. The highest BCUT2D eigenvalue weighted by atomic mass is 19.1. The number of rotatable bonds is 6. The molecule has 0 heterocycles. The van der Waals surface area contributed by atoms with Crippen LogP contribution in [0.1, 0.15) is 12.5 Å². The number of nitrogens with one attached hydrogen (secondary N) is 1. The Morgan fingerprint density at radius 2 is 2.19 bits per heavy atom. The number of aromatic hydroxyl groups is 1. The van der Waals surface area contributed by atoms with Gasteiger partial charge < -0.3 is 15.2 Å². The maximum atomic E-state index is 12.9. The predicted octanol–water partition coefficient (Wildman–Crippen LogP) is 1.90. The van der Waals surface area contributed by atoms with Crippen molar-refractivity contribution in [2.45, 2.75) is 13.5 Å². The van der Waals surface area contributed by atoms with Gasteiger partial charge in [0.05, 0.1) is 0 Å². The van der Waals surface area contributed by atoms with Crippen molar-refractivity contribution in [1.82, 2.24) is 5.32 Å². The zero-order valence-electron chi connectivity index (χ0n) is 9.66. The lowest BCUT2D eigenvalue weighted by Gasteiger charge is -2.11. The molecule has 0 radical (unpaired) electrons. The summed E-state index contributed by atoms with van der Waals surface area (Å²) in [6.45, 7) is 4.10. The Balaban J connectivity index is 2.37. The molecule has 1 rings (SSSR count). The van der Waals surface area contributed by atoms with Crippen molar-refractivity contribution in [2.75, 3.05) is 20.3 Å². The van der Waals surface area contributed by atoms with E-state index in [1.807, 2.05) is 0 Å². The van der Waals surface area contributed by atoms with Gasteiger partial charge in [0.2, 0.25) is 0 Å². The number of methoxy groups -OCH3 is 1. The van der Waals surface area contributed by atoms with Gasteiger partial charge in [0.15, 0.2) is 0 Å². The average molecular weight is 227 g/mol. The minimum absolute atomic E-state index is 0.0401. The van der Waals surface area contributed by atoms with Gasteiger partial charge >= 0.3 is 0 Å². The third kappa shape index (κ3) is 4.59. The summed E-state index contributed by atoms with van der Waals surface area (Å²) in [4.78, 5) is 0. The summed E-state index contributed by atoms with van der Waals surface area (Å²) < 4.78 is 17.9. The predicted molar refractivity (Wildman–Crippen MR) is 60.8 cm³/mol. The van der Waals surface area contributed by atoms with Crippen LogP contribution in [-0.2, 0) is 11.3 Å². The summed E-state index contributed by atoms with van der Waals surface area (Å²) in [7, 11) is 1.67. The monoisotopic (exact) mass is 227 g/mol. The third-order valence-corrected chi connectivity index (χ3v) is 2.22. The molecule has 90 valence electrons. The molecule has 2 N–H and O–H groups in total. The van der Waals surface area contributed by atoms with Crippen LogP contribution < -0.4 is 5.32 Å². The van der Waals surface area contributed by atoms with E-state index in [-0.39, 0.29) is 5.75 Å².